The van der Waals surface area contributed by atoms with Gasteiger partial charge in [-0.25, -0.2) is 9.98 Å². The van der Waals surface area contributed by atoms with E-state index in [2.05, 4.69) is 34.5 Å². The normalized spacial score (nSPS) is 11.1. The molecule has 122 valence electrons. The third-order valence-electron chi connectivity index (χ3n) is 2.60. The van der Waals surface area contributed by atoms with Crippen molar-refractivity contribution in [3.8, 4) is 0 Å². The number of guanidine groups is 1. The molecule has 0 aliphatic heterocycles. The second-order valence-corrected chi connectivity index (χ2v) is 5.71. The molecule has 0 aliphatic rings. The first-order chi connectivity index (χ1) is 9.76. The monoisotopic (exact) mass is 426 g/mol. The summed E-state index contributed by atoms with van der Waals surface area (Å²) in [7, 11) is 0. The molecule has 0 aromatic carbocycles. The average molecular weight is 426 g/mol. The van der Waals surface area contributed by atoms with Gasteiger partial charge in [-0.1, -0.05) is 0 Å². The van der Waals surface area contributed by atoms with Crippen LogP contribution < -0.4 is 10.6 Å². The molecular weight excluding hydrogens is 399 g/mol. The maximum absolute atomic E-state index is 5.32. The number of thiazole rings is 1. The molecule has 1 heterocycles. The van der Waals surface area contributed by atoms with Crippen molar-refractivity contribution in [3.05, 3.63) is 16.1 Å². The minimum atomic E-state index is 0. The van der Waals surface area contributed by atoms with Crippen LogP contribution in [0.1, 0.15) is 36.6 Å². The molecule has 5 nitrogen and oxygen atoms in total. The zero-order chi connectivity index (χ0) is 14.6. The third kappa shape index (κ3) is 10.0. The van der Waals surface area contributed by atoms with Gasteiger partial charge in [-0.15, -0.1) is 35.3 Å². The molecule has 0 aliphatic carbocycles. The molecule has 7 heteroatoms. The highest BCUT2D eigenvalue weighted by Gasteiger charge is 2.00. The summed E-state index contributed by atoms with van der Waals surface area (Å²) >= 11 is 1.69. The van der Waals surface area contributed by atoms with Crippen LogP contribution in [0.5, 0.6) is 0 Å². The van der Waals surface area contributed by atoms with Crippen LogP contribution in [0.2, 0.25) is 0 Å². The smallest absolute Gasteiger partial charge is 0.191 e. The number of nitrogens with one attached hydrogen (secondary N) is 2. The molecule has 2 N–H and O–H groups in total. The van der Waals surface area contributed by atoms with Crippen LogP contribution in [0.4, 0.5) is 0 Å². The molecule has 0 radical (unpaired) electrons. The number of ether oxygens (including phenoxy) is 1. The largest absolute Gasteiger partial charge is 0.382 e. The van der Waals surface area contributed by atoms with Crippen LogP contribution in [0, 0.1) is 6.92 Å². The Balaban J connectivity index is 0.00000400. The number of hydrogen-bond acceptors (Lipinski definition) is 4. The molecule has 0 saturated heterocycles. The number of aliphatic imine (C=N–C) groups is 1. The van der Waals surface area contributed by atoms with Gasteiger partial charge in [0.1, 0.15) is 5.01 Å². The molecule has 0 bridgehead atoms. The lowest BCUT2D eigenvalue weighted by molar-refractivity contribution is 0.143. The SMILES string of the molecule is CCNC(=NCc1ncc(C)s1)NCCCCOCC.I. The summed E-state index contributed by atoms with van der Waals surface area (Å²) in [6.07, 6.45) is 4.05. The van der Waals surface area contributed by atoms with Gasteiger partial charge in [0.05, 0.1) is 6.54 Å². The molecule has 0 unspecified atom stereocenters. The summed E-state index contributed by atoms with van der Waals surface area (Å²) in [4.78, 5) is 10.1. The third-order valence-corrected chi connectivity index (χ3v) is 3.50. The van der Waals surface area contributed by atoms with Gasteiger partial charge < -0.3 is 15.4 Å². The summed E-state index contributed by atoms with van der Waals surface area (Å²) in [5.74, 6) is 0.858. The van der Waals surface area contributed by atoms with Crippen LogP contribution in [0.3, 0.4) is 0 Å². The minimum Gasteiger partial charge on any atom is -0.382 e. The number of rotatable bonds is 9. The van der Waals surface area contributed by atoms with Crippen molar-refractivity contribution in [2.45, 2.75) is 40.2 Å². The Morgan fingerprint density at radius 3 is 2.76 bits per heavy atom. The van der Waals surface area contributed by atoms with E-state index in [4.69, 9.17) is 4.74 Å². The Kier molecular flexibility index (Phi) is 13.0. The predicted octanol–water partition coefficient (Wildman–Crippen LogP) is 2.94. The van der Waals surface area contributed by atoms with E-state index in [0.29, 0.717) is 6.54 Å². The summed E-state index contributed by atoms with van der Waals surface area (Å²) in [5.41, 5.74) is 0. The number of halogens is 1. The second-order valence-electron chi connectivity index (χ2n) is 4.39. The van der Waals surface area contributed by atoms with Crippen LogP contribution in [-0.2, 0) is 11.3 Å². The van der Waals surface area contributed by atoms with E-state index in [0.717, 1.165) is 50.1 Å². The second kappa shape index (κ2) is 13.3. The first-order valence-corrected chi connectivity index (χ1v) is 8.09. The van der Waals surface area contributed by atoms with E-state index in [9.17, 15) is 0 Å². The zero-order valence-corrected chi connectivity index (χ0v) is 16.3. The van der Waals surface area contributed by atoms with Gasteiger partial charge in [-0.2, -0.15) is 0 Å². The molecule has 0 amide bonds. The summed E-state index contributed by atoms with van der Waals surface area (Å²) in [5, 5.41) is 7.63. The van der Waals surface area contributed by atoms with Crippen molar-refractivity contribution >= 4 is 41.3 Å². The lowest BCUT2D eigenvalue weighted by Crippen LogP contribution is -2.37. The van der Waals surface area contributed by atoms with Gasteiger partial charge in [0.2, 0.25) is 0 Å². The maximum atomic E-state index is 5.32. The van der Waals surface area contributed by atoms with Gasteiger partial charge in [0.25, 0.3) is 0 Å². The molecule has 1 rings (SSSR count). The zero-order valence-electron chi connectivity index (χ0n) is 13.1. The van der Waals surface area contributed by atoms with Crippen molar-refractivity contribution in [3.63, 3.8) is 0 Å². The Morgan fingerprint density at radius 1 is 1.33 bits per heavy atom. The number of nitrogens with zero attached hydrogens (tertiary/aromatic N) is 2. The molecule has 0 fully saturated rings. The highest BCUT2D eigenvalue weighted by Crippen LogP contribution is 2.11. The van der Waals surface area contributed by atoms with Crippen molar-refractivity contribution in [2.24, 2.45) is 4.99 Å². The van der Waals surface area contributed by atoms with Gasteiger partial charge >= 0.3 is 0 Å². The molecule has 1 aromatic heterocycles. The fourth-order valence-electron chi connectivity index (χ4n) is 1.64. The number of hydrogen-bond donors (Lipinski definition) is 2. The number of aryl methyl sites for hydroxylation is 1. The Bertz CT molecular complexity index is 398. The van der Waals surface area contributed by atoms with Crippen molar-refractivity contribution in [1.82, 2.24) is 15.6 Å². The fraction of sp³-hybridized carbons (Fsp3) is 0.714. The Hall–Kier alpha value is -0.410. The van der Waals surface area contributed by atoms with E-state index in [-0.39, 0.29) is 24.0 Å². The van der Waals surface area contributed by atoms with Gasteiger partial charge in [-0.3, -0.25) is 0 Å². The van der Waals surface area contributed by atoms with Crippen molar-refractivity contribution in [2.75, 3.05) is 26.3 Å². The predicted molar refractivity (Wildman–Crippen MR) is 101 cm³/mol. The van der Waals surface area contributed by atoms with Crippen molar-refractivity contribution in [1.29, 1.82) is 0 Å². The van der Waals surface area contributed by atoms with Crippen LogP contribution >= 0.6 is 35.3 Å². The maximum Gasteiger partial charge on any atom is 0.191 e. The summed E-state index contributed by atoms with van der Waals surface area (Å²) < 4.78 is 5.32. The van der Waals surface area contributed by atoms with E-state index in [1.165, 1.54) is 4.88 Å². The van der Waals surface area contributed by atoms with Crippen LogP contribution in [-0.4, -0.2) is 37.2 Å². The minimum absolute atomic E-state index is 0. The lowest BCUT2D eigenvalue weighted by atomic mass is 10.3. The number of unbranched alkanes of at least 4 members (excludes halogenated alkanes) is 1. The highest BCUT2D eigenvalue weighted by atomic mass is 127. The summed E-state index contributed by atoms with van der Waals surface area (Å²) in [6.45, 7) is 10.2. The molecule has 0 atom stereocenters. The van der Waals surface area contributed by atoms with Gasteiger partial charge in [0.15, 0.2) is 5.96 Å². The fourth-order valence-corrected chi connectivity index (χ4v) is 2.35. The van der Waals surface area contributed by atoms with Gasteiger partial charge in [-0.05, 0) is 33.6 Å². The van der Waals surface area contributed by atoms with E-state index < -0.39 is 0 Å². The van der Waals surface area contributed by atoms with E-state index >= 15 is 0 Å². The van der Waals surface area contributed by atoms with Crippen LogP contribution in [0.25, 0.3) is 0 Å². The van der Waals surface area contributed by atoms with E-state index in [1.54, 1.807) is 11.3 Å². The van der Waals surface area contributed by atoms with Gasteiger partial charge in [0, 0.05) is 37.4 Å². The molecular formula is C14H27IN4OS. The van der Waals surface area contributed by atoms with Crippen LogP contribution in [0.15, 0.2) is 11.2 Å². The number of aromatic nitrogens is 1. The van der Waals surface area contributed by atoms with E-state index in [1.807, 2.05) is 13.1 Å². The quantitative estimate of drug-likeness (QED) is 0.276. The topological polar surface area (TPSA) is 58.5 Å². The standard InChI is InChI=1S/C14H26N4OS.HI/c1-4-15-14(16-8-6-7-9-19-5-2)18-11-13-17-10-12(3)20-13;/h10H,4-9,11H2,1-3H3,(H2,15,16,18);1H. The molecule has 1 aromatic rings. The first-order valence-electron chi connectivity index (χ1n) is 7.27. The molecule has 0 spiro atoms. The highest BCUT2D eigenvalue weighted by molar-refractivity contribution is 14.0. The Labute approximate surface area is 149 Å². The summed E-state index contributed by atoms with van der Waals surface area (Å²) in [6, 6.07) is 0. The van der Waals surface area contributed by atoms with Crippen molar-refractivity contribution < 1.29 is 4.74 Å². The lowest BCUT2D eigenvalue weighted by Gasteiger charge is -2.10. The molecule has 0 saturated carbocycles. The first kappa shape index (κ1) is 20.6. The molecule has 21 heavy (non-hydrogen) atoms. The average Bonchev–Trinajstić information content (AvgIpc) is 2.85. The Morgan fingerprint density at radius 2 is 2.14 bits per heavy atom.